The monoisotopic (exact) mass is 268 g/mol. The Morgan fingerprint density at radius 2 is 2.17 bits per heavy atom. The van der Waals surface area contributed by atoms with E-state index < -0.39 is 6.10 Å². The molecule has 0 aromatic heterocycles. The average Bonchev–Trinajstić information content (AvgIpc) is 2.68. The largest absolute Gasteiger partial charge is 0.496 e. The maximum absolute atomic E-state index is 10.7. The minimum absolute atomic E-state index is 0.173. The lowest BCUT2D eigenvalue weighted by atomic mass is 9.76. The highest BCUT2D eigenvalue weighted by Gasteiger charge is 2.40. The predicted octanol–water partition coefficient (Wildman–Crippen LogP) is 4.21. The van der Waals surface area contributed by atoms with Crippen molar-refractivity contribution in [2.75, 3.05) is 7.11 Å². The molecule has 0 aliphatic heterocycles. The van der Waals surface area contributed by atoms with Crippen LogP contribution in [0.25, 0.3) is 0 Å². The summed E-state index contributed by atoms with van der Waals surface area (Å²) < 4.78 is 5.33. The van der Waals surface area contributed by atoms with Gasteiger partial charge in [-0.15, -0.1) is 0 Å². The van der Waals surface area contributed by atoms with E-state index in [0.717, 1.165) is 24.2 Å². The topological polar surface area (TPSA) is 29.5 Å². The van der Waals surface area contributed by atoms with Crippen molar-refractivity contribution in [3.63, 3.8) is 0 Å². The van der Waals surface area contributed by atoms with Crippen molar-refractivity contribution in [1.82, 2.24) is 0 Å². The molecule has 0 saturated heterocycles. The maximum atomic E-state index is 10.7. The van der Waals surface area contributed by atoms with Crippen LogP contribution in [-0.4, -0.2) is 12.2 Å². The van der Waals surface area contributed by atoms with Crippen molar-refractivity contribution < 1.29 is 9.84 Å². The molecule has 2 rings (SSSR count). The van der Waals surface area contributed by atoms with Crippen LogP contribution in [0.3, 0.4) is 0 Å². The van der Waals surface area contributed by atoms with Crippen LogP contribution in [0, 0.1) is 11.3 Å². The Balaban J connectivity index is 2.33. The van der Waals surface area contributed by atoms with E-state index in [4.69, 9.17) is 16.3 Å². The van der Waals surface area contributed by atoms with E-state index in [-0.39, 0.29) is 11.3 Å². The van der Waals surface area contributed by atoms with Crippen LogP contribution >= 0.6 is 11.6 Å². The van der Waals surface area contributed by atoms with Gasteiger partial charge in [0.05, 0.1) is 13.2 Å². The summed E-state index contributed by atoms with van der Waals surface area (Å²) in [4.78, 5) is 0. The lowest BCUT2D eigenvalue weighted by Crippen LogP contribution is -2.24. The summed E-state index contributed by atoms with van der Waals surface area (Å²) in [5.74, 6) is 0.986. The van der Waals surface area contributed by atoms with Gasteiger partial charge in [0.1, 0.15) is 5.75 Å². The van der Waals surface area contributed by atoms with Crippen molar-refractivity contribution in [2.45, 2.75) is 39.2 Å². The summed E-state index contributed by atoms with van der Waals surface area (Å²) in [6.07, 6.45) is 2.90. The maximum Gasteiger partial charge on any atom is 0.124 e. The van der Waals surface area contributed by atoms with Gasteiger partial charge in [-0.1, -0.05) is 31.9 Å². The Bertz CT molecular complexity index is 429. The molecule has 1 fully saturated rings. The molecule has 0 bridgehead atoms. The number of benzene rings is 1. The molecule has 0 spiro atoms. The van der Waals surface area contributed by atoms with Gasteiger partial charge in [0.15, 0.2) is 0 Å². The lowest BCUT2D eigenvalue weighted by molar-refractivity contribution is 0.0513. The van der Waals surface area contributed by atoms with Gasteiger partial charge in [-0.25, -0.2) is 0 Å². The Morgan fingerprint density at radius 1 is 1.44 bits per heavy atom. The van der Waals surface area contributed by atoms with Crippen LogP contribution in [0.4, 0.5) is 0 Å². The second-order valence-corrected chi connectivity index (χ2v) is 6.25. The summed E-state index contributed by atoms with van der Waals surface area (Å²) in [6.45, 7) is 4.45. The van der Waals surface area contributed by atoms with Gasteiger partial charge in [-0.3, -0.25) is 0 Å². The van der Waals surface area contributed by atoms with Crippen LogP contribution in [0.1, 0.15) is 44.8 Å². The number of aliphatic hydroxyl groups excluding tert-OH is 1. The molecule has 2 nitrogen and oxygen atoms in total. The molecule has 1 aliphatic carbocycles. The van der Waals surface area contributed by atoms with E-state index in [1.807, 2.05) is 12.1 Å². The molecule has 2 atom stereocenters. The highest BCUT2D eigenvalue weighted by Crippen LogP contribution is 2.50. The van der Waals surface area contributed by atoms with Crippen LogP contribution in [-0.2, 0) is 0 Å². The minimum Gasteiger partial charge on any atom is -0.496 e. The Kier molecular flexibility index (Phi) is 3.88. The zero-order valence-corrected chi connectivity index (χ0v) is 12.0. The Hall–Kier alpha value is -0.730. The summed E-state index contributed by atoms with van der Waals surface area (Å²) in [5, 5.41) is 11.3. The van der Waals surface area contributed by atoms with Crippen LogP contribution in [0.15, 0.2) is 18.2 Å². The standard InChI is InChI=1S/C15H21ClO2/c1-15(2)8-4-5-12(15)14(17)11-9-10(16)6-7-13(11)18-3/h6-7,9,12,14,17H,4-5,8H2,1-3H3. The first kappa shape index (κ1) is 13.7. The third-order valence-corrected chi connectivity index (χ3v) is 4.47. The van der Waals surface area contributed by atoms with Crippen molar-refractivity contribution in [1.29, 1.82) is 0 Å². The van der Waals surface area contributed by atoms with Gasteiger partial charge in [0.2, 0.25) is 0 Å². The average molecular weight is 269 g/mol. The predicted molar refractivity (Wildman–Crippen MR) is 74.1 cm³/mol. The minimum atomic E-state index is -0.504. The SMILES string of the molecule is COc1ccc(Cl)cc1C(O)C1CCCC1(C)C. The molecule has 1 aromatic rings. The first-order valence-corrected chi connectivity index (χ1v) is 6.85. The molecule has 3 heteroatoms. The summed E-state index contributed by atoms with van der Waals surface area (Å²) in [7, 11) is 1.62. The van der Waals surface area contributed by atoms with Crippen LogP contribution < -0.4 is 4.74 Å². The lowest BCUT2D eigenvalue weighted by Gasteiger charge is -2.32. The molecule has 100 valence electrons. The number of hydrogen-bond donors (Lipinski definition) is 1. The second-order valence-electron chi connectivity index (χ2n) is 5.82. The number of hydrogen-bond acceptors (Lipinski definition) is 2. The first-order chi connectivity index (χ1) is 8.45. The fraction of sp³-hybridized carbons (Fsp3) is 0.600. The summed E-state index contributed by atoms with van der Waals surface area (Å²) in [6, 6.07) is 5.43. The van der Waals surface area contributed by atoms with E-state index >= 15 is 0 Å². The van der Waals surface area contributed by atoms with Crippen molar-refractivity contribution >= 4 is 11.6 Å². The molecule has 1 aliphatic rings. The van der Waals surface area contributed by atoms with E-state index in [1.165, 1.54) is 6.42 Å². The number of rotatable bonds is 3. The van der Waals surface area contributed by atoms with Gasteiger partial charge in [-0.05, 0) is 42.4 Å². The molecule has 0 amide bonds. The van der Waals surface area contributed by atoms with E-state index in [9.17, 15) is 5.11 Å². The number of halogens is 1. The van der Waals surface area contributed by atoms with Crippen molar-refractivity contribution in [3.8, 4) is 5.75 Å². The molecule has 1 saturated carbocycles. The Labute approximate surface area is 114 Å². The summed E-state index contributed by atoms with van der Waals surface area (Å²) >= 11 is 6.03. The molecule has 2 unspecified atom stereocenters. The fourth-order valence-corrected chi connectivity index (χ4v) is 3.27. The molecular weight excluding hydrogens is 248 g/mol. The number of aliphatic hydroxyl groups is 1. The highest BCUT2D eigenvalue weighted by atomic mass is 35.5. The molecule has 1 N–H and O–H groups in total. The van der Waals surface area contributed by atoms with Gasteiger partial charge < -0.3 is 9.84 Å². The molecule has 1 aromatic carbocycles. The van der Waals surface area contributed by atoms with E-state index in [2.05, 4.69) is 13.8 Å². The molecular formula is C15H21ClO2. The van der Waals surface area contributed by atoms with E-state index in [1.54, 1.807) is 13.2 Å². The third kappa shape index (κ3) is 2.50. The zero-order chi connectivity index (χ0) is 13.3. The molecule has 0 heterocycles. The quantitative estimate of drug-likeness (QED) is 0.890. The normalized spacial score (nSPS) is 23.9. The van der Waals surface area contributed by atoms with Crippen molar-refractivity contribution in [2.24, 2.45) is 11.3 Å². The summed E-state index contributed by atoms with van der Waals surface area (Å²) in [5.41, 5.74) is 0.984. The Morgan fingerprint density at radius 3 is 2.72 bits per heavy atom. The zero-order valence-electron chi connectivity index (χ0n) is 11.2. The molecule has 0 radical (unpaired) electrons. The second kappa shape index (κ2) is 5.10. The van der Waals surface area contributed by atoms with Gasteiger partial charge in [0, 0.05) is 10.6 Å². The number of methoxy groups -OCH3 is 1. The highest BCUT2D eigenvalue weighted by molar-refractivity contribution is 6.30. The first-order valence-electron chi connectivity index (χ1n) is 6.47. The van der Waals surface area contributed by atoms with Gasteiger partial charge >= 0.3 is 0 Å². The molecule has 18 heavy (non-hydrogen) atoms. The van der Waals surface area contributed by atoms with E-state index in [0.29, 0.717) is 5.02 Å². The number of ether oxygens (including phenoxy) is 1. The smallest absolute Gasteiger partial charge is 0.124 e. The fourth-order valence-electron chi connectivity index (χ4n) is 3.09. The van der Waals surface area contributed by atoms with Crippen LogP contribution in [0.2, 0.25) is 5.02 Å². The van der Waals surface area contributed by atoms with Crippen molar-refractivity contribution in [3.05, 3.63) is 28.8 Å². The van der Waals surface area contributed by atoms with Gasteiger partial charge in [-0.2, -0.15) is 0 Å². The van der Waals surface area contributed by atoms with Crippen LogP contribution in [0.5, 0.6) is 5.75 Å². The third-order valence-electron chi connectivity index (χ3n) is 4.23. The van der Waals surface area contributed by atoms with Gasteiger partial charge in [0.25, 0.3) is 0 Å².